The topological polar surface area (TPSA) is 53.0 Å². The van der Waals surface area contributed by atoms with Gasteiger partial charge in [-0.05, 0) is 42.9 Å². The van der Waals surface area contributed by atoms with Crippen molar-refractivity contribution in [1.82, 2.24) is 9.37 Å². The molecule has 2 rings (SSSR count). The first kappa shape index (κ1) is 22.6. The fourth-order valence-electron chi connectivity index (χ4n) is 3.28. The number of carbonyl (C=O) groups excluding carboxylic acids is 1. The summed E-state index contributed by atoms with van der Waals surface area (Å²) >= 11 is 1.67. The van der Waals surface area contributed by atoms with Crippen LogP contribution in [0.15, 0.2) is 24.3 Å². The molecule has 0 radical (unpaired) electrons. The molecule has 1 amide bonds. The summed E-state index contributed by atoms with van der Waals surface area (Å²) in [5.41, 5.74) is 1.36. The van der Waals surface area contributed by atoms with E-state index in [0.29, 0.717) is 23.1 Å². The first-order chi connectivity index (χ1) is 13.7. The molecular formula is C22H32N2O3S. The lowest BCUT2D eigenvalue weighted by molar-refractivity contribution is -0.153. The summed E-state index contributed by atoms with van der Waals surface area (Å²) in [6.45, 7) is 4.14. The summed E-state index contributed by atoms with van der Waals surface area (Å²) in [6, 6.07) is 7.91. The van der Waals surface area contributed by atoms with E-state index in [0.717, 1.165) is 57.4 Å². The van der Waals surface area contributed by atoms with Crippen molar-refractivity contribution in [3.05, 3.63) is 29.8 Å². The second-order valence-corrected chi connectivity index (χ2v) is 8.16. The molecule has 6 heteroatoms. The van der Waals surface area contributed by atoms with Crippen LogP contribution >= 0.6 is 11.9 Å². The highest BCUT2D eigenvalue weighted by Crippen LogP contribution is 2.31. The summed E-state index contributed by atoms with van der Waals surface area (Å²) in [4.78, 5) is 11.0. The molecule has 0 aliphatic carbocycles. The third-order valence-corrected chi connectivity index (χ3v) is 6.25. The van der Waals surface area contributed by atoms with E-state index in [1.165, 1.54) is 5.56 Å². The Balaban J connectivity index is 1.78. The number of hydrogen-bond donors (Lipinski definition) is 1. The van der Waals surface area contributed by atoms with Crippen molar-refractivity contribution in [3.8, 4) is 17.6 Å². The number of methoxy groups -OCH3 is 1. The molecule has 0 aromatic heterocycles. The molecule has 1 heterocycles. The third kappa shape index (κ3) is 7.38. The van der Waals surface area contributed by atoms with Crippen LogP contribution in [0.2, 0.25) is 0 Å². The Morgan fingerprint density at radius 2 is 2.04 bits per heavy atom. The van der Waals surface area contributed by atoms with Gasteiger partial charge in [-0.25, -0.2) is 5.06 Å². The van der Waals surface area contributed by atoms with E-state index < -0.39 is 6.04 Å². The maximum atomic E-state index is 11.0. The van der Waals surface area contributed by atoms with Crippen LogP contribution in [-0.4, -0.2) is 53.0 Å². The van der Waals surface area contributed by atoms with Crippen LogP contribution in [0.3, 0.4) is 0 Å². The summed E-state index contributed by atoms with van der Waals surface area (Å²) in [6.07, 6.45) is 6.85. The third-order valence-electron chi connectivity index (χ3n) is 5.06. The molecule has 1 aliphatic heterocycles. The van der Waals surface area contributed by atoms with Crippen molar-refractivity contribution in [2.45, 2.75) is 57.4 Å². The lowest BCUT2D eigenvalue weighted by Crippen LogP contribution is -2.35. The van der Waals surface area contributed by atoms with Crippen LogP contribution in [-0.2, 0) is 4.79 Å². The molecule has 1 aromatic rings. The van der Waals surface area contributed by atoms with Gasteiger partial charge in [-0.15, -0.1) is 5.92 Å². The number of benzene rings is 1. The zero-order chi connectivity index (χ0) is 20.2. The molecule has 5 nitrogen and oxygen atoms in total. The van der Waals surface area contributed by atoms with Gasteiger partial charge in [-0.1, -0.05) is 49.8 Å². The second kappa shape index (κ2) is 12.7. The average molecular weight is 405 g/mol. The Hall–Kier alpha value is -1.68. The molecule has 1 N–H and O–H groups in total. The lowest BCUT2D eigenvalue weighted by atomic mass is 9.90. The number of nitrogens with zero attached hydrogens (tertiary/aromatic N) is 2. The van der Waals surface area contributed by atoms with E-state index in [1.807, 2.05) is 12.1 Å². The highest BCUT2D eigenvalue weighted by Gasteiger charge is 2.22. The maximum Gasteiger partial charge on any atom is 0.234 e. The molecule has 1 aromatic carbocycles. The van der Waals surface area contributed by atoms with Gasteiger partial charge in [0.2, 0.25) is 6.41 Å². The van der Waals surface area contributed by atoms with E-state index in [9.17, 15) is 10.0 Å². The number of ether oxygens (including phenoxy) is 1. The van der Waals surface area contributed by atoms with Crippen molar-refractivity contribution in [2.75, 3.05) is 26.0 Å². The zero-order valence-corrected chi connectivity index (χ0v) is 17.8. The largest absolute Gasteiger partial charge is 0.497 e. The highest BCUT2D eigenvalue weighted by atomic mass is 32.2. The number of carbonyl (C=O) groups is 1. The van der Waals surface area contributed by atoms with Crippen molar-refractivity contribution < 1.29 is 14.7 Å². The Labute approximate surface area is 173 Å². The van der Waals surface area contributed by atoms with Crippen LogP contribution in [0.4, 0.5) is 0 Å². The van der Waals surface area contributed by atoms with Gasteiger partial charge < -0.3 is 4.74 Å². The van der Waals surface area contributed by atoms with Crippen LogP contribution < -0.4 is 4.74 Å². The molecular weight excluding hydrogens is 372 g/mol. The Morgan fingerprint density at radius 1 is 1.32 bits per heavy atom. The first-order valence-corrected chi connectivity index (χ1v) is 11.0. The van der Waals surface area contributed by atoms with Gasteiger partial charge in [0.1, 0.15) is 11.8 Å². The van der Waals surface area contributed by atoms with E-state index in [1.54, 1.807) is 19.1 Å². The van der Waals surface area contributed by atoms with Crippen molar-refractivity contribution in [3.63, 3.8) is 0 Å². The molecule has 1 atom stereocenters. The molecule has 28 heavy (non-hydrogen) atoms. The van der Waals surface area contributed by atoms with Crippen molar-refractivity contribution in [1.29, 1.82) is 0 Å². The zero-order valence-electron chi connectivity index (χ0n) is 17.0. The van der Waals surface area contributed by atoms with Gasteiger partial charge in [0, 0.05) is 25.3 Å². The SMILES string of the molecule is CCCCCC#CC(CSN1CCC(c2ccc(OC)cc2)CC1)N(O)C=O. The molecule has 0 spiro atoms. The highest BCUT2D eigenvalue weighted by molar-refractivity contribution is 7.97. The number of unbranched alkanes of at least 4 members (excludes halogenated alkanes) is 3. The summed E-state index contributed by atoms with van der Waals surface area (Å²) in [7, 11) is 1.69. The maximum absolute atomic E-state index is 11.0. The van der Waals surface area contributed by atoms with Gasteiger partial charge in [-0.2, -0.15) is 0 Å². The standard InChI is InChI=1S/C22H32N2O3S/c1-3-4-5-6-7-8-21(24(26)18-25)17-28-23-15-13-20(14-16-23)19-9-11-22(27-2)12-10-19/h9-12,18,20-21,26H,3-6,13-17H2,1-2H3. The Kier molecular flexibility index (Phi) is 10.3. The minimum atomic E-state index is -0.455. The van der Waals surface area contributed by atoms with E-state index in [2.05, 4.69) is 35.2 Å². The Bertz CT molecular complexity index is 633. The molecule has 1 saturated heterocycles. The summed E-state index contributed by atoms with van der Waals surface area (Å²) in [5.74, 6) is 8.21. The fourth-order valence-corrected chi connectivity index (χ4v) is 4.34. The second-order valence-electron chi connectivity index (χ2n) is 7.05. The fraction of sp³-hybridized carbons (Fsp3) is 0.591. The molecule has 0 saturated carbocycles. The number of hydroxylamine groups is 2. The molecule has 1 unspecified atom stereocenters. The Morgan fingerprint density at radius 3 is 2.64 bits per heavy atom. The molecule has 0 bridgehead atoms. The van der Waals surface area contributed by atoms with Crippen LogP contribution in [0, 0.1) is 11.8 Å². The molecule has 1 aliphatic rings. The van der Waals surface area contributed by atoms with E-state index in [-0.39, 0.29) is 0 Å². The van der Waals surface area contributed by atoms with Crippen LogP contribution in [0.1, 0.15) is 56.9 Å². The monoisotopic (exact) mass is 404 g/mol. The number of hydrogen-bond acceptors (Lipinski definition) is 5. The summed E-state index contributed by atoms with van der Waals surface area (Å²) < 4.78 is 7.56. The van der Waals surface area contributed by atoms with Crippen molar-refractivity contribution >= 4 is 18.4 Å². The van der Waals surface area contributed by atoms with E-state index in [4.69, 9.17) is 4.74 Å². The van der Waals surface area contributed by atoms with E-state index >= 15 is 0 Å². The van der Waals surface area contributed by atoms with Gasteiger partial charge in [0.15, 0.2) is 0 Å². The van der Waals surface area contributed by atoms with Gasteiger partial charge in [-0.3, -0.25) is 14.3 Å². The number of amides is 1. The first-order valence-electron chi connectivity index (χ1n) is 10.1. The molecule has 1 fully saturated rings. The van der Waals surface area contributed by atoms with Gasteiger partial charge in [0.25, 0.3) is 0 Å². The van der Waals surface area contributed by atoms with Gasteiger partial charge >= 0.3 is 0 Å². The number of rotatable bonds is 10. The predicted octanol–water partition coefficient (Wildman–Crippen LogP) is 4.32. The normalized spacial score (nSPS) is 16.1. The lowest BCUT2D eigenvalue weighted by Gasteiger charge is -2.32. The van der Waals surface area contributed by atoms with Crippen molar-refractivity contribution in [2.24, 2.45) is 0 Å². The minimum absolute atomic E-state index is 0.446. The average Bonchev–Trinajstić information content (AvgIpc) is 2.75. The smallest absolute Gasteiger partial charge is 0.234 e. The minimum Gasteiger partial charge on any atom is -0.497 e. The summed E-state index contributed by atoms with van der Waals surface area (Å²) in [5, 5.41) is 10.5. The predicted molar refractivity (Wildman–Crippen MR) is 114 cm³/mol. The quantitative estimate of drug-likeness (QED) is 0.157. The van der Waals surface area contributed by atoms with Crippen LogP contribution in [0.5, 0.6) is 5.75 Å². The molecule has 154 valence electrons. The van der Waals surface area contributed by atoms with Crippen LogP contribution in [0.25, 0.3) is 0 Å². The number of piperidine rings is 1. The van der Waals surface area contributed by atoms with Gasteiger partial charge in [0.05, 0.1) is 7.11 Å².